The topological polar surface area (TPSA) is 119 Å². The lowest BCUT2D eigenvalue weighted by Gasteiger charge is -2.42. The zero-order valence-corrected chi connectivity index (χ0v) is 28.5. The van der Waals surface area contributed by atoms with Crippen molar-refractivity contribution in [1.82, 2.24) is 0 Å². The number of phenolic OH excluding ortho intramolecular Hbond substituents is 1. The van der Waals surface area contributed by atoms with Crippen molar-refractivity contribution >= 4 is 57.2 Å². The van der Waals surface area contributed by atoms with Gasteiger partial charge in [0.1, 0.15) is 23.0 Å². The van der Waals surface area contributed by atoms with E-state index in [-0.39, 0.29) is 40.0 Å². The van der Waals surface area contributed by atoms with Gasteiger partial charge in [0, 0.05) is 40.3 Å². The molecule has 0 unspecified atom stereocenters. The summed E-state index contributed by atoms with van der Waals surface area (Å²) >= 11 is 3.26. The molecule has 9 nitrogen and oxygen atoms in total. The fourth-order valence-electron chi connectivity index (χ4n) is 7.64. The van der Waals surface area contributed by atoms with Crippen LogP contribution in [0, 0.1) is 17.8 Å². The normalized spacial score (nSPS) is 23.2. The molecule has 2 amide bonds. The number of rotatable bonds is 7. The Morgan fingerprint density at radius 1 is 0.837 bits per heavy atom. The summed E-state index contributed by atoms with van der Waals surface area (Å²) in [5.41, 5.74) is 4.20. The molecule has 3 aromatic rings. The number of carbonyl (C=O) groups excluding carboxylic acids is 4. The molecule has 1 N–H and O–H groups in total. The van der Waals surface area contributed by atoms with Gasteiger partial charge in [-0.3, -0.25) is 24.1 Å². The lowest BCUT2D eigenvalue weighted by atomic mass is 9.59. The Hall–Kier alpha value is -5.22. The molecule has 7 rings (SSSR count). The maximum atomic E-state index is 14.3. The molecule has 4 atom stereocenters. The Morgan fingerprint density at radius 2 is 1.59 bits per heavy atom. The third-order valence-corrected chi connectivity index (χ3v) is 10.5. The molecule has 0 aromatic heterocycles. The van der Waals surface area contributed by atoms with E-state index < -0.39 is 23.7 Å². The van der Waals surface area contributed by atoms with Gasteiger partial charge in [0.2, 0.25) is 11.8 Å². The van der Waals surface area contributed by atoms with Gasteiger partial charge in [-0.1, -0.05) is 42.0 Å². The molecule has 4 aliphatic rings. The van der Waals surface area contributed by atoms with E-state index in [1.165, 1.54) is 30.2 Å². The molecular formula is C39H32BrNO8. The third kappa shape index (κ3) is 5.40. The maximum absolute atomic E-state index is 14.3. The number of hydrogen-bond donors (Lipinski definition) is 1. The Labute approximate surface area is 291 Å². The largest absolute Gasteiger partial charge is 0.508 e. The Balaban J connectivity index is 1.22. The van der Waals surface area contributed by atoms with Crippen LogP contribution in [0.15, 0.2) is 94.0 Å². The Bertz CT molecular complexity index is 2060. The third-order valence-electron chi connectivity index (χ3n) is 9.90. The number of fused-ring (bicyclic) bond motifs is 3. The van der Waals surface area contributed by atoms with Crippen LogP contribution < -0.4 is 19.1 Å². The van der Waals surface area contributed by atoms with Gasteiger partial charge < -0.3 is 19.3 Å². The highest BCUT2D eigenvalue weighted by Gasteiger charge is 2.57. The van der Waals surface area contributed by atoms with E-state index in [0.717, 1.165) is 16.7 Å². The highest BCUT2D eigenvalue weighted by molar-refractivity contribution is 9.12. The van der Waals surface area contributed by atoms with Crippen molar-refractivity contribution in [2.45, 2.75) is 18.8 Å². The molecule has 3 aromatic carbocycles. The van der Waals surface area contributed by atoms with Crippen LogP contribution in [0.1, 0.15) is 35.4 Å². The minimum Gasteiger partial charge on any atom is -0.508 e. The second kappa shape index (κ2) is 12.7. The van der Waals surface area contributed by atoms with Gasteiger partial charge in [0.05, 0.1) is 43.3 Å². The summed E-state index contributed by atoms with van der Waals surface area (Å²) in [6.07, 6.45) is 7.50. The molecule has 10 heteroatoms. The molecule has 0 spiro atoms. The van der Waals surface area contributed by atoms with Crippen LogP contribution in [0.25, 0.3) is 12.2 Å². The number of ether oxygens (including phenoxy) is 3. The van der Waals surface area contributed by atoms with E-state index in [1.54, 1.807) is 32.4 Å². The highest BCUT2D eigenvalue weighted by Crippen LogP contribution is 2.56. The first-order valence-electron chi connectivity index (χ1n) is 15.8. The molecular weight excluding hydrogens is 690 g/mol. The number of anilines is 1. The number of amides is 2. The van der Waals surface area contributed by atoms with Crippen LogP contribution in [-0.2, 0) is 19.2 Å². The van der Waals surface area contributed by atoms with Crippen LogP contribution in [0.4, 0.5) is 5.69 Å². The van der Waals surface area contributed by atoms with E-state index in [0.29, 0.717) is 46.1 Å². The number of methoxy groups -OCH3 is 3. The summed E-state index contributed by atoms with van der Waals surface area (Å²) in [7, 11) is 4.67. The Kier molecular flexibility index (Phi) is 8.36. The number of nitrogens with zero attached hydrogens (tertiary/aromatic N) is 1. The van der Waals surface area contributed by atoms with Crippen molar-refractivity contribution < 1.29 is 38.5 Å². The van der Waals surface area contributed by atoms with E-state index in [9.17, 15) is 24.3 Å². The number of imide groups is 1. The molecule has 49 heavy (non-hydrogen) atoms. The second-order valence-electron chi connectivity index (χ2n) is 12.4. The minimum atomic E-state index is -0.722. The predicted molar refractivity (Wildman–Crippen MR) is 187 cm³/mol. The zero-order valence-electron chi connectivity index (χ0n) is 26.9. The van der Waals surface area contributed by atoms with Gasteiger partial charge in [0.25, 0.3) is 0 Å². The molecule has 0 bridgehead atoms. The number of benzene rings is 3. The average Bonchev–Trinajstić information content (AvgIpc) is 3.37. The first-order valence-corrected chi connectivity index (χ1v) is 16.6. The fraction of sp³-hybridized carbons (Fsp3) is 0.231. The van der Waals surface area contributed by atoms with Crippen LogP contribution in [0.2, 0.25) is 0 Å². The van der Waals surface area contributed by atoms with Crippen molar-refractivity contribution in [3.63, 3.8) is 0 Å². The maximum Gasteiger partial charge on any atom is 0.238 e. The van der Waals surface area contributed by atoms with Gasteiger partial charge in [-0.05, 0) is 76.7 Å². The number of Topliss-reactive ketones (excluding diaryl/α,β-unsaturated/α-hetero) is 1. The van der Waals surface area contributed by atoms with Crippen LogP contribution in [0.3, 0.4) is 0 Å². The van der Waals surface area contributed by atoms with Crippen LogP contribution in [0.5, 0.6) is 23.0 Å². The SMILES string of the molecule is COc1ccc(OC)c(C=Cc2ccc(N3C(=O)[C@H]4[C@H](CC=C5[C@H](c6ccc(O)cc6OC)C6=C(C[C@H]54)C(=O)C(Br)=CC6=O)C3=O)cc2)c1. The van der Waals surface area contributed by atoms with Gasteiger partial charge in [-0.15, -0.1) is 0 Å². The summed E-state index contributed by atoms with van der Waals surface area (Å²) in [6, 6.07) is 17.3. The van der Waals surface area contributed by atoms with Crippen molar-refractivity contribution in [3.8, 4) is 23.0 Å². The Morgan fingerprint density at radius 3 is 2.31 bits per heavy atom. The van der Waals surface area contributed by atoms with E-state index in [2.05, 4.69) is 15.9 Å². The minimum absolute atomic E-state index is 0.0118. The standard InChI is InChI=1S/C39H32BrNO8/c1-47-24-11-15-32(48-2)21(16-24)7-4-20-5-8-22(9-6-20)41-38(45)27-14-13-25-28(35(27)39(41)46)18-29-36(31(43)19-30(40)37(29)44)34(25)26-12-10-23(42)17-33(26)49-3/h4-13,15-17,19,27-28,34-35,42H,14,18H2,1-3H3/t27-,28+,34+,35-/m0/s1. The number of hydrogen-bond acceptors (Lipinski definition) is 8. The first kappa shape index (κ1) is 32.3. The quantitative estimate of drug-likeness (QED) is 0.126. The molecule has 248 valence electrons. The summed E-state index contributed by atoms with van der Waals surface area (Å²) < 4.78 is 16.6. The van der Waals surface area contributed by atoms with Crippen molar-refractivity contribution in [2.24, 2.45) is 17.8 Å². The van der Waals surface area contributed by atoms with E-state index in [4.69, 9.17) is 14.2 Å². The number of halogens is 1. The van der Waals surface area contributed by atoms with Crippen molar-refractivity contribution in [3.05, 3.63) is 111 Å². The molecule has 1 aliphatic heterocycles. The van der Waals surface area contributed by atoms with Gasteiger partial charge >= 0.3 is 0 Å². The van der Waals surface area contributed by atoms with E-state index >= 15 is 0 Å². The summed E-state index contributed by atoms with van der Waals surface area (Å²) in [5.74, 6) is -2.05. The van der Waals surface area contributed by atoms with Crippen LogP contribution in [-0.4, -0.2) is 49.8 Å². The number of aromatic hydroxyl groups is 1. The molecule has 0 saturated carbocycles. The lowest BCUT2D eigenvalue weighted by molar-refractivity contribution is -0.123. The summed E-state index contributed by atoms with van der Waals surface area (Å²) in [6.45, 7) is 0. The van der Waals surface area contributed by atoms with Crippen LogP contribution >= 0.6 is 15.9 Å². The zero-order chi connectivity index (χ0) is 34.6. The van der Waals surface area contributed by atoms with Crippen molar-refractivity contribution in [2.75, 3.05) is 26.2 Å². The lowest BCUT2D eigenvalue weighted by Crippen LogP contribution is -2.39. The molecule has 1 heterocycles. The van der Waals surface area contributed by atoms with Gasteiger partial charge in [0.15, 0.2) is 11.6 Å². The number of ketones is 2. The summed E-state index contributed by atoms with van der Waals surface area (Å²) in [5, 5.41) is 10.2. The average molecular weight is 723 g/mol. The van der Waals surface area contributed by atoms with Gasteiger partial charge in [-0.25, -0.2) is 0 Å². The second-order valence-corrected chi connectivity index (χ2v) is 13.2. The first-order chi connectivity index (χ1) is 23.6. The molecule has 3 aliphatic carbocycles. The predicted octanol–water partition coefficient (Wildman–Crippen LogP) is 6.56. The molecule has 0 radical (unpaired) electrons. The fourth-order valence-corrected chi connectivity index (χ4v) is 8.09. The van der Waals surface area contributed by atoms with Gasteiger partial charge in [-0.2, -0.15) is 0 Å². The smallest absolute Gasteiger partial charge is 0.238 e. The number of carbonyl (C=O) groups is 4. The summed E-state index contributed by atoms with van der Waals surface area (Å²) in [4.78, 5) is 56.6. The number of phenols is 1. The highest BCUT2D eigenvalue weighted by atomic mass is 79.9. The number of allylic oxidation sites excluding steroid dienone is 6. The molecule has 1 saturated heterocycles. The van der Waals surface area contributed by atoms with Crippen molar-refractivity contribution in [1.29, 1.82) is 0 Å². The molecule has 1 fully saturated rings. The van der Waals surface area contributed by atoms with E-state index in [1.807, 2.05) is 48.6 Å². The monoisotopic (exact) mass is 721 g/mol.